The molecule has 1 aliphatic rings. The predicted octanol–water partition coefficient (Wildman–Crippen LogP) is 0.936. The lowest BCUT2D eigenvalue weighted by atomic mass is 10.2. The van der Waals surface area contributed by atoms with E-state index in [1.807, 2.05) is 0 Å². The second-order valence-corrected chi connectivity index (χ2v) is 3.84. The van der Waals surface area contributed by atoms with Crippen molar-refractivity contribution in [2.45, 2.75) is 6.54 Å². The average molecular weight is 210 g/mol. The van der Waals surface area contributed by atoms with Gasteiger partial charge in [-0.05, 0) is 17.7 Å². The second kappa shape index (κ2) is 4.59. The number of nitrogens with one attached hydrogen (secondary N) is 1. The summed E-state index contributed by atoms with van der Waals surface area (Å²) in [5.41, 5.74) is 0.828. The highest BCUT2D eigenvalue weighted by Crippen LogP contribution is 2.16. The first-order chi connectivity index (χ1) is 7.24. The van der Waals surface area contributed by atoms with Gasteiger partial charge in [-0.3, -0.25) is 4.90 Å². The molecule has 1 heterocycles. The molecule has 15 heavy (non-hydrogen) atoms. The van der Waals surface area contributed by atoms with Gasteiger partial charge in [0.2, 0.25) is 0 Å². The standard InChI is InChI=1S/C11H15FN2O/c12-10-5-9(6-11(15)7-10)8-14-3-1-13-2-4-14/h5-7,13,15H,1-4,8H2. The molecule has 1 saturated heterocycles. The van der Waals surface area contributed by atoms with Crippen LogP contribution in [0.3, 0.4) is 0 Å². The van der Waals surface area contributed by atoms with E-state index in [4.69, 9.17) is 0 Å². The first-order valence-electron chi connectivity index (χ1n) is 5.15. The third-order valence-electron chi connectivity index (χ3n) is 2.56. The summed E-state index contributed by atoms with van der Waals surface area (Å²) in [5.74, 6) is -0.375. The number of hydrogen-bond donors (Lipinski definition) is 2. The molecule has 0 saturated carbocycles. The lowest BCUT2D eigenvalue weighted by Crippen LogP contribution is -2.42. The van der Waals surface area contributed by atoms with E-state index >= 15 is 0 Å². The maximum Gasteiger partial charge on any atom is 0.127 e. The van der Waals surface area contributed by atoms with Crippen LogP contribution >= 0.6 is 0 Å². The van der Waals surface area contributed by atoms with Crippen LogP contribution in [-0.4, -0.2) is 36.2 Å². The number of piperazine rings is 1. The fraction of sp³-hybridized carbons (Fsp3) is 0.455. The Morgan fingerprint density at radius 2 is 2.00 bits per heavy atom. The van der Waals surface area contributed by atoms with Crippen LogP contribution in [0.1, 0.15) is 5.56 Å². The van der Waals surface area contributed by atoms with Crippen molar-refractivity contribution in [3.05, 3.63) is 29.6 Å². The summed E-state index contributed by atoms with van der Waals surface area (Å²) in [5, 5.41) is 12.5. The summed E-state index contributed by atoms with van der Waals surface area (Å²) in [7, 11) is 0. The molecule has 0 amide bonds. The molecular weight excluding hydrogens is 195 g/mol. The number of phenolic OH excluding ortho intramolecular Hbond substituents is 1. The summed E-state index contributed by atoms with van der Waals surface area (Å²) >= 11 is 0. The SMILES string of the molecule is Oc1cc(F)cc(CN2CCNCC2)c1. The van der Waals surface area contributed by atoms with Crippen LogP contribution in [0.15, 0.2) is 18.2 Å². The van der Waals surface area contributed by atoms with E-state index in [0.717, 1.165) is 37.8 Å². The largest absolute Gasteiger partial charge is 0.508 e. The number of phenols is 1. The van der Waals surface area contributed by atoms with E-state index in [-0.39, 0.29) is 11.6 Å². The van der Waals surface area contributed by atoms with Gasteiger partial charge in [0.15, 0.2) is 0 Å². The summed E-state index contributed by atoms with van der Waals surface area (Å²) in [6.07, 6.45) is 0. The molecule has 0 atom stereocenters. The van der Waals surface area contributed by atoms with Gasteiger partial charge in [0.05, 0.1) is 0 Å². The van der Waals surface area contributed by atoms with Crippen LogP contribution in [0.5, 0.6) is 5.75 Å². The molecule has 1 aromatic carbocycles. The van der Waals surface area contributed by atoms with Crippen molar-refractivity contribution in [1.29, 1.82) is 0 Å². The van der Waals surface area contributed by atoms with Crippen molar-refractivity contribution in [1.82, 2.24) is 10.2 Å². The van der Waals surface area contributed by atoms with E-state index in [1.54, 1.807) is 6.07 Å². The fourth-order valence-corrected chi connectivity index (χ4v) is 1.85. The Labute approximate surface area is 88.5 Å². The quantitative estimate of drug-likeness (QED) is 0.762. The third kappa shape index (κ3) is 2.91. The zero-order chi connectivity index (χ0) is 10.7. The van der Waals surface area contributed by atoms with E-state index in [0.29, 0.717) is 6.54 Å². The smallest absolute Gasteiger partial charge is 0.127 e. The molecule has 1 aliphatic heterocycles. The van der Waals surface area contributed by atoms with Crippen molar-refractivity contribution < 1.29 is 9.50 Å². The van der Waals surface area contributed by atoms with Crippen LogP contribution in [0.4, 0.5) is 4.39 Å². The predicted molar refractivity (Wildman–Crippen MR) is 56.2 cm³/mol. The highest BCUT2D eigenvalue weighted by molar-refractivity contribution is 5.28. The number of benzene rings is 1. The maximum atomic E-state index is 13.0. The molecule has 4 heteroatoms. The zero-order valence-electron chi connectivity index (χ0n) is 8.54. The summed E-state index contributed by atoms with van der Waals surface area (Å²) in [4.78, 5) is 2.24. The van der Waals surface area contributed by atoms with Crippen molar-refractivity contribution in [3.63, 3.8) is 0 Å². The summed E-state index contributed by atoms with van der Waals surface area (Å²) < 4.78 is 13.0. The van der Waals surface area contributed by atoms with Gasteiger partial charge in [-0.15, -0.1) is 0 Å². The second-order valence-electron chi connectivity index (χ2n) is 3.84. The number of nitrogens with zero attached hydrogens (tertiary/aromatic N) is 1. The normalized spacial score (nSPS) is 17.9. The maximum absolute atomic E-state index is 13.0. The molecule has 1 fully saturated rings. The van der Waals surface area contributed by atoms with Gasteiger partial charge in [-0.2, -0.15) is 0 Å². The van der Waals surface area contributed by atoms with Crippen LogP contribution in [0.2, 0.25) is 0 Å². The van der Waals surface area contributed by atoms with Crippen LogP contribution in [-0.2, 0) is 6.54 Å². The highest BCUT2D eigenvalue weighted by atomic mass is 19.1. The molecule has 2 N–H and O–H groups in total. The minimum Gasteiger partial charge on any atom is -0.508 e. The average Bonchev–Trinajstić information content (AvgIpc) is 2.17. The molecule has 82 valence electrons. The van der Waals surface area contributed by atoms with Crippen molar-refractivity contribution in [2.75, 3.05) is 26.2 Å². The number of aromatic hydroxyl groups is 1. The van der Waals surface area contributed by atoms with Crippen LogP contribution in [0, 0.1) is 5.82 Å². The Morgan fingerprint density at radius 1 is 1.27 bits per heavy atom. The van der Waals surface area contributed by atoms with Gasteiger partial charge in [-0.25, -0.2) is 4.39 Å². The topological polar surface area (TPSA) is 35.5 Å². The molecular formula is C11H15FN2O. The zero-order valence-corrected chi connectivity index (χ0v) is 8.54. The molecule has 0 aliphatic carbocycles. The van der Waals surface area contributed by atoms with Crippen molar-refractivity contribution >= 4 is 0 Å². The first-order valence-corrected chi connectivity index (χ1v) is 5.15. The van der Waals surface area contributed by atoms with Crippen LogP contribution in [0.25, 0.3) is 0 Å². The molecule has 0 radical (unpaired) electrons. The van der Waals surface area contributed by atoms with Gasteiger partial charge < -0.3 is 10.4 Å². The van der Waals surface area contributed by atoms with E-state index in [9.17, 15) is 9.50 Å². The molecule has 1 aromatic rings. The van der Waals surface area contributed by atoms with E-state index in [2.05, 4.69) is 10.2 Å². The Hall–Kier alpha value is -1.13. The van der Waals surface area contributed by atoms with Gasteiger partial charge in [0.1, 0.15) is 11.6 Å². The monoisotopic (exact) mass is 210 g/mol. The third-order valence-corrected chi connectivity index (χ3v) is 2.56. The molecule has 3 nitrogen and oxygen atoms in total. The van der Waals surface area contributed by atoms with Gasteiger partial charge in [0.25, 0.3) is 0 Å². The minimum absolute atomic E-state index is 0.000124. The van der Waals surface area contributed by atoms with Gasteiger partial charge in [-0.1, -0.05) is 0 Å². The van der Waals surface area contributed by atoms with Gasteiger partial charge >= 0.3 is 0 Å². The molecule has 0 unspecified atom stereocenters. The molecule has 2 rings (SSSR count). The Kier molecular flexibility index (Phi) is 3.18. The minimum atomic E-state index is -0.375. The van der Waals surface area contributed by atoms with E-state index in [1.165, 1.54) is 6.07 Å². The van der Waals surface area contributed by atoms with Gasteiger partial charge in [0, 0.05) is 38.8 Å². The Balaban J connectivity index is 2.02. The van der Waals surface area contributed by atoms with Crippen molar-refractivity contribution in [3.8, 4) is 5.75 Å². The summed E-state index contributed by atoms with van der Waals surface area (Å²) in [6.45, 7) is 4.59. The molecule has 0 aromatic heterocycles. The number of halogens is 1. The molecule has 0 spiro atoms. The lowest BCUT2D eigenvalue weighted by molar-refractivity contribution is 0.232. The number of rotatable bonds is 2. The highest BCUT2D eigenvalue weighted by Gasteiger charge is 2.10. The summed E-state index contributed by atoms with van der Waals surface area (Å²) in [6, 6.07) is 4.22. The van der Waals surface area contributed by atoms with E-state index < -0.39 is 0 Å². The van der Waals surface area contributed by atoms with Crippen LogP contribution < -0.4 is 5.32 Å². The lowest BCUT2D eigenvalue weighted by Gasteiger charge is -2.27. The molecule has 0 bridgehead atoms. The first kappa shape index (κ1) is 10.4. The number of hydrogen-bond acceptors (Lipinski definition) is 3. The fourth-order valence-electron chi connectivity index (χ4n) is 1.85. The van der Waals surface area contributed by atoms with Crippen molar-refractivity contribution in [2.24, 2.45) is 0 Å². The Bertz CT molecular complexity index is 317. The Morgan fingerprint density at radius 3 is 2.67 bits per heavy atom.